The Kier molecular flexibility index (Phi) is 4.99. The summed E-state index contributed by atoms with van der Waals surface area (Å²) in [6, 6.07) is 42.1. The normalized spacial score (nSPS) is 15.8. The van der Waals surface area contributed by atoms with Crippen LogP contribution >= 0.6 is 0 Å². The molecule has 1 N–H and O–H groups in total. The van der Waals surface area contributed by atoms with Gasteiger partial charge in [0.2, 0.25) is 0 Å². The molecule has 1 unspecified atom stereocenters. The molecule has 42 heavy (non-hydrogen) atoms. The Labute approximate surface area is 245 Å². The number of rotatable bonds is 3. The first kappa shape index (κ1) is 23.3. The van der Waals surface area contributed by atoms with Crippen molar-refractivity contribution in [2.45, 2.75) is 6.04 Å². The minimum Gasteiger partial charge on any atom is -0.372 e. The Morgan fingerprint density at radius 3 is 2.14 bits per heavy atom. The van der Waals surface area contributed by atoms with E-state index in [1.165, 1.54) is 72.0 Å². The highest BCUT2D eigenvalue weighted by atomic mass is 15.0. The van der Waals surface area contributed by atoms with Crippen LogP contribution < -0.4 is 5.32 Å². The number of nitrogens with one attached hydrogen (secondary N) is 1. The molecule has 1 aromatic heterocycles. The Bertz CT molecular complexity index is 2130. The quantitative estimate of drug-likeness (QED) is 0.244. The minimum absolute atomic E-state index is 0.0692. The standard InChI is InChI=1S/C40H26N2/c1-2-10-33-32(9-1)35-12-4-11-34-31(20-21-36(33)38(34)35)26-15-13-25(14-16-26)29-6-3-7-30(24-29)37-22-19-28-18-17-27-8-5-23-41-39(27)40(28)42-37/h1-24,40,42H. The van der Waals surface area contributed by atoms with E-state index in [9.17, 15) is 0 Å². The molecule has 0 bridgehead atoms. The first-order chi connectivity index (χ1) is 20.8. The predicted molar refractivity (Wildman–Crippen MR) is 174 cm³/mol. The SMILES string of the molecule is C1=Cc2cccnc2C2NC(c3cccc(-c4ccc(-c5ccc6c7c(cccc57)-c5ccccc5-6)cc4)c3)=CC=C12. The van der Waals surface area contributed by atoms with E-state index in [1.807, 2.05) is 12.3 Å². The van der Waals surface area contributed by atoms with Crippen LogP contribution in [-0.4, -0.2) is 4.98 Å². The van der Waals surface area contributed by atoms with Crippen molar-refractivity contribution in [1.82, 2.24) is 10.3 Å². The van der Waals surface area contributed by atoms with Gasteiger partial charge in [-0.05, 0) is 90.2 Å². The van der Waals surface area contributed by atoms with Crippen LogP contribution in [0.2, 0.25) is 0 Å². The third-order valence-electron chi connectivity index (χ3n) is 8.93. The van der Waals surface area contributed by atoms with Crippen LogP contribution in [0.15, 0.2) is 145 Å². The van der Waals surface area contributed by atoms with Crippen molar-refractivity contribution >= 4 is 22.5 Å². The van der Waals surface area contributed by atoms with Crippen molar-refractivity contribution in [3.8, 4) is 44.5 Å². The molecule has 2 heterocycles. The van der Waals surface area contributed by atoms with Gasteiger partial charge in [0.05, 0.1) is 11.7 Å². The number of aromatic nitrogens is 1. The molecule has 1 aliphatic heterocycles. The molecule has 2 nitrogen and oxygen atoms in total. The first-order valence-corrected chi connectivity index (χ1v) is 14.5. The summed E-state index contributed by atoms with van der Waals surface area (Å²) >= 11 is 0. The van der Waals surface area contributed by atoms with E-state index < -0.39 is 0 Å². The molecule has 0 saturated carbocycles. The summed E-state index contributed by atoms with van der Waals surface area (Å²) < 4.78 is 0. The summed E-state index contributed by atoms with van der Waals surface area (Å²) in [6.45, 7) is 0. The number of dihydropyridines is 1. The molecule has 9 rings (SSSR count). The highest BCUT2D eigenvalue weighted by Crippen LogP contribution is 2.49. The number of hydrogen-bond acceptors (Lipinski definition) is 2. The van der Waals surface area contributed by atoms with Gasteiger partial charge in [0.25, 0.3) is 0 Å². The molecule has 5 aromatic carbocycles. The number of fused-ring (bicyclic) bond motifs is 6. The van der Waals surface area contributed by atoms with E-state index in [0.717, 1.165) is 11.4 Å². The van der Waals surface area contributed by atoms with Crippen molar-refractivity contribution in [2.75, 3.05) is 0 Å². The second-order valence-corrected chi connectivity index (χ2v) is 11.2. The first-order valence-electron chi connectivity index (χ1n) is 14.5. The smallest absolute Gasteiger partial charge is 0.0946 e. The zero-order valence-corrected chi connectivity index (χ0v) is 22.9. The molecule has 3 aliphatic rings. The molecule has 0 radical (unpaired) electrons. The summed E-state index contributed by atoms with van der Waals surface area (Å²) in [4.78, 5) is 4.69. The molecule has 0 saturated heterocycles. The highest BCUT2D eigenvalue weighted by Gasteiger charge is 2.26. The predicted octanol–water partition coefficient (Wildman–Crippen LogP) is 9.85. The van der Waals surface area contributed by atoms with Gasteiger partial charge in [-0.1, -0.05) is 121 Å². The van der Waals surface area contributed by atoms with E-state index in [2.05, 4.69) is 139 Å². The van der Waals surface area contributed by atoms with E-state index in [1.54, 1.807) is 0 Å². The van der Waals surface area contributed by atoms with Gasteiger partial charge in [0.1, 0.15) is 0 Å². The van der Waals surface area contributed by atoms with Crippen LogP contribution in [0.5, 0.6) is 0 Å². The fraction of sp³-hybridized carbons (Fsp3) is 0.0250. The van der Waals surface area contributed by atoms with Gasteiger partial charge in [-0.3, -0.25) is 4.98 Å². The van der Waals surface area contributed by atoms with Gasteiger partial charge >= 0.3 is 0 Å². The van der Waals surface area contributed by atoms with Crippen molar-refractivity contribution in [3.63, 3.8) is 0 Å². The average Bonchev–Trinajstić information content (AvgIpc) is 3.40. The van der Waals surface area contributed by atoms with Crippen LogP contribution in [-0.2, 0) is 0 Å². The zero-order valence-electron chi connectivity index (χ0n) is 22.9. The molecule has 0 amide bonds. The van der Waals surface area contributed by atoms with Crippen LogP contribution in [0.4, 0.5) is 0 Å². The summed E-state index contributed by atoms with van der Waals surface area (Å²) in [6.07, 6.45) is 10.6. The molecular formula is C40H26N2. The van der Waals surface area contributed by atoms with E-state index in [0.29, 0.717) is 0 Å². The summed E-state index contributed by atoms with van der Waals surface area (Å²) in [5.74, 6) is 0. The molecule has 2 aliphatic carbocycles. The molecule has 6 aromatic rings. The largest absolute Gasteiger partial charge is 0.372 e. The maximum atomic E-state index is 4.69. The molecular weight excluding hydrogens is 508 g/mol. The van der Waals surface area contributed by atoms with Crippen molar-refractivity contribution < 1.29 is 0 Å². The van der Waals surface area contributed by atoms with E-state index >= 15 is 0 Å². The third kappa shape index (κ3) is 3.49. The summed E-state index contributed by atoms with van der Waals surface area (Å²) in [5, 5.41) is 6.43. The van der Waals surface area contributed by atoms with Crippen LogP contribution in [0.25, 0.3) is 67.1 Å². The monoisotopic (exact) mass is 534 g/mol. The number of allylic oxidation sites excluding steroid dienone is 2. The topological polar surface area (TPSA) is 24.9 Å². The van der Waals surface area contributed by atoms with Gasteiger partial charge < -0.3 is 5.32 Å². The Morgan fingerprint density at radius 2 is 1.26 bits per heavy atom. The number of hydrogen-bond donors (Lipinski definition) is 1. The Balaban J connectivity index is 1.05. The third-order valence-corrected chi connectivity index (χ3v) is 8.93. The lowest BCUT2D eigenvalue weighted by Gasteiger charge is -2.29. The Morgan fingerprint density at radius 1 is 0.524 bits per heavy atom. The van der Waals surface area contributed by atoms with Gasteiger partial charge in [-0.2, -0.15) is 0 Å². The lowest BCUT2D eigenvalue weighted by atomic mass is 9.89. The van der Waals surface area contributed by atoms with Crippen molar-refractivity contribution in [3.05, 3.63) is 162 Å². The van der Waals surface area contributed by atoms with Crippen molar-refractivity contribution in [2.24, 2.45) is 0 Å². The highest BCUT2D eigenvalue weighted by molar-refractivity contribution is 6.18. The van der Waals surface area contributed by atoms with Gasteiger partial charge in [0.15, 0.2) is 0 Å². The number of nitrogens with zero attached hydrogens (tertiary/aromatic N) is 1. The van der Waals surface area contributed by atoms with Crippen LogP contribution in [0.3, 0.4) is 0 Å². The lowest BCUT2D eigenvalue weighted by Crippen LogP contribution is -2.26. The van der Waals surface area contributed by atoms with Crippen molar-refractivity contribution in [1.29, 1.82) is 0 Å². The van der Waals surface area contributed by atoms with E-state index in [-0.39, 0.29) is 6.04 Å². The maximum absolute atomic E-state index is 4.69. The maximum Gasteiger partial charge on any atom is 0.0946 e. The van der Waals surface area contributed by atoms with Crippen LogP contribution in [0.1, 0.15) is 22.9 Å². The second-order valence-electron chi connectivity index (χ2n) is 11.2. The molecule has 0 spiro atoms. The molecule has 196 valence electrons. The Hall–Kier alpha value is -5.47. The molecule has 0 fully saturated rings. The zero-order chi connectivity index (χ0) is 27.6. The van der Waals surface area contributed by atoms with Gasteiger partial charge in [-0.15, -0.1) is 0 Å². The van der Waals surface area contributed by atoms with E-state index in [4.69, 9.17) is 4.98 Å². The van der Waals surface area contributed by atoms with Crippen LogP contribution in [0, 0.1) is 0 Å². The average molecular weight is 535 g/mol. The summed E-state index contributed by atoms with van der Waals surface area (Å²) in [5.41, 5.74) is 16.0. The van der Waals surface area contributed by atoms with Gasteiger partial charge in [0, 0.05) is 11.9 Å². The second kappa shape index (κ2) is 9.02. The number of pyridine rings is 1. The summed E-state index contributed by atoms with van der Waals surface area (Å²) in [7, 11) is 0. The fourth-order valence-electron chi connectivity index (χ4n) is 6.89. The van der Waals surface area contributed by atoms with Gasteiger partial charge in [-0.25, -0.2) is 0 Å². The fourth-order valence-corrected chi connectivity index (χ4v) is 6.89. The minimum atomic E-state index is 0.0692. The number of benzene rings is 5. The molecule has 2 heteroatoms. The lowest BCUT2D eigenvalue weighted by molar-refractivity contribution is 0.704. The molecule has 1 atom stereocenters.